The second kappa shape index (κ2) is 5.27. The van der Waals surface area contributed by atoms with E-state index >= 15 is 0 Å². The van der Waals surface area contributed by atoms with Crippen LogP contribution in [0.4, 0.5) is 0 Å². The number of hydrogen-bond donors (Lipinski definition) is 1. The lowest BCUT2D eigenvalue weighted by Crippen LogP contribution is -2.35. The van der Waals surface area contributed by atoms with Gasteiger partial charge in [0.1, 0.15) is 0 Å². The fourth-order valence-electron chi connectivity index (χ4n) is 2.40. The Morgan fingerprint density at radius 3 is 2.94 bits per heavy atom. The van der Waals surface area contributed by atoms with Crippen LogP contribution >= 0.6 is 11.3 Å². The van der Waals surface area contributed by atoms with Crippen molar-refractivity contribution < 1.29 is 0 Å². The van der Waals surface area contributed by atoms with Gasteiger partial charge in [-0.3, -0.25) is 4.90 Å². The first-order valence-corrected chi connectivity index (χ1v) is 6.74. The van der Waals surface area contributed by atoms with Crippen molar-refractivity contribution in [2.75, 3.05) is 33.7 Å². The zero-order valence-corrected chi connectivity index (χ0v) is 10.9. The van der Waals surface area contributed by atoms with Crippen LogP contribution in [-0.2, 0) is 0 Å². The van der Waals surface area contributed by atoms with E-state index in [-0.39, 0.29) is 0 Å². The number of likely N-dealkylation sites (tertiary alicyclic amines) is 1. The minimum Gasteiger partial charge on any atom is -0.329 e. The second-order valence-corrected chi connectivity index (χ2v) is 5.65. The molecule has 1 aliphatic rings. The highest BCUT2D eigenvalue weighted by Crippen LogP contribution is 2.28. The third-order valence-corrected chi connectivity index (χ3v) is 4.43. The van der Waals surface area contributed by atoms with Gasteiger partial charge in [0, 0.05) is 30.6 Å². The SMILES string of the molecule is CN(C)C1CCN(C(CN)c2cccs2)C1. The third kappa shape index (κ3) is 2.46. The largest absolute Gasteiger partial charge is 0.329 e. The van der Waals surface area contributed by atoms with E-state index in [0.717, 1.165) is 13.1 Å². The third-order valence-electron chi connectivity index (χ3n) is 3.46. The predicted molar refractivity (Wildman–Crippen MR) is 69.8 cm³/mol. The van der Waals surface area contributed by atoms with Gasteiger partial charge < -0.3 is 10.6 Å². The Morgan fingerprint density at radius 1 is 1.62 bits per heavy atom. The Kier molecular flexibility index (Phi) is 3.97. The zero-order chi connectivity index (χ0) is 11.5. The number of hydrogen-bond acceptors (Lipinski definition) is 4. The van der Waals surface area contributed by atoms with Gasteiger partial charge in [0.05, 0.1) is 6.04 Å². The molecule has 0 aliphatic carbocycles. The molecule has 1 aromatic heterocycles. The van der Waals surface area contributed by atoms with Gasteiger partial charge in [0.15, 0.2) is 0 Å². The molecule has 2 rings (SSSR count). The molecule has 0 amide bonds. The Balaban J connectivity index is 2.02. The molecule has 2 N–H and O–H groups in total. The molecule has 2 atom stereocenters. The number of rotatable bonds is 4. The Labute approximate surface area is 102 Å². The summed E-state index contributed by atoms with van der Waals surface area (Å²) in [6, 6.07) is 5.42. The van der Waals surface area contributed by atoms with Gasteiger partial charge in [-0.1, -0.05) is 6.07 Å². The smallest absolute Gasteiger partial charge is 0.0564 e. The Hall–Kier alpha value is -0.420. The molecular formula is C12H21N3S. The summed E-state index contributed by atoms with van der Waals surface area (Å²) in [5, 5.41) is 2.14. The van der Waals surface area contributed by atoms with Crippen LogP contribution in [0.25, 0.3) is 0 Å². The first kappa shape index (κ1) is 12.0. The van der Waals surface area contributed by atoms with E-state index < -0.39 is 0 Å². The van der Waals surface area contributed by atoms with Crippen LogP contribution in [0.2, 0.25) is 0 Å². The van der Waals surface area contributed by atoms with E-state index in [1.54, 1.807) is 0 Å². The van der Waals surface area contributed by atoms with Crippen LogP contribution in [0.3, 0.4) is 0 Å². The quantitative estimate of drug-likeness (QED) is 0.861. The van der Waals surface area contributed by atoms with Crippen molar-refractivity contribution in [3.8, 4) is 0 Å². The first-order valence-electron chi connectivity index (χ1n) is 5.86. The van der Waals surface area contributed by atoms with E-state index in [9.17, 15) is 0 Å². The standard InChI is InChI=1S/C12H21N3S/c1-14(2)10-5-6-15(9-10)11(8-13)12-4-3-7-16-12/h3-4,7,10-11H,5-6,8-9,13H2,1-2H3. The van der Waals surface area contributed by atoms with Crippen LogP contribution in [-0.4, -0.2) is 49.6 Å². The summed E-state index contributed by atoms with van der Waals surface area (Å²) >= 11 is 1.82. The molecule has 1 saturated heterocycles. The van der Waals surface area contributed by atoms with Crippen LogP contribution in [0, 0.1) is 0 Å². The van der Waals surface area contributed by atoms with Crippen molar-refractivity contribution in [1.29, 1.82) is 0 Å². The van der Waals surface area contributed by atoms with Crippen molar-refractivity contribution in [2.24, 2.45) is 5.73 Å². The van der Waals surface area contributed by atoms with Gasteiger partial charge in [0.2, 0.25) is 0 Å². The monoisotopic (exact) mass is 239 g/mol. The summed E-state index contributed by atoms with van der Waals surface area (Å²) in [4.78, 5) is 6.25. The Bertz CT molecular complexity index is 310. The van der Waals surface area contributed by atoms with E-state index in [4.69, 9.17) is 5.73 Å². The van der Waals surface area contributed by atoms with Crippen molar-refractivity contribution in [2.45, 2.75) is 18.5 Å². The molecule has 1 fully saturated rings. The maximum Gasteiger partial charge on any atom is 0.0564 e. The fourth-order valence-corrected chi connectivity index (χ4v) is 3.27. The molecule has 0 radical (unpaired) electrons. The van der Waals surface area contributed by atoms with Gasteiger partial charge in [-0.25, -0.2) is 0 Å². The highest BCUT2D eigenvalue weighted by molar-refractivity contribution is 7.10. The molecule has 3 nitrogen and oxygen atoms in total. The van der Waals surface area contributed by atoms with Crippen molar-refractivity contribution in [3.63, 3.8) is 0 Å². The summed E-state index contributed by atoms with van der Waals surface area (Å²) in [7, 11) is 4.33. The fraction of sp³-hybridized carbons (Fsp3) is 0.667. The predicted octanol–water partition coefficient (Wildman–Crippen LogP) is 1.38. The molecule has 0 bridgehead atoms. The van der Waals surface area contributed by atoms with Crippen molar-refractivity contribution in [1.82, 2.24) is 9.80 Å². The van der Waals surface area contributed by atoms with Gasteiger partial charge in [0.25, 0.3) is 0 Å². The maximum atomic E-state index is 5.92. The summed E-state index contributed by atoms with van der Waals surface area (Å²) in [5.74, 6) is 0. The summed E-state index contributed by atoms with van der Waals surface area (Å²) in [5.41, 5.74) is 5.92. The number of nitrogens with two attached hydrogens (primary N) is 1. The number of likely N-dealkylation sites (N-methyl/N-ethyl adjacent to an activating group) is 1. The first-order chi connectivity index (χ1) is 7.72. The average Bonchev–Trinajstić information content (AvgIpc) is 2.88. The van der Waals surface area contributed by atoms with Gasteiger partial charge in [-0.2, -0.15) is 0 Å². The minimum absolute atomic E-state index is 0.421. The topological polar surface area (TPSA) is 32.5 Å². The van der Waals surface area contributed by atoms with Gasteiger partial charge in [-0.15, -0.1) is 11.3 Å². The van der Waals surface area contributed by atoms with Crippen LogP contribution in [0.1, 0.15) is 17.3 Å². The molecular weight excluding hydrogens is 218 g/mol. The molecule has 4 heteroatoms. The van der Waals surface area contributed by atoms with Gasteiger partial charge >= 0.3 is 0 Å². The van der Waals surface area contributed by atoms with E-state index in [2.05, 4.69) is 41.4 Å². The molecule has 2 unspecified atom stereocenters. The highest BCUT2D eigenvalue weighted by Gasteiger charge is 2.29. The normalized spacial score (nSPS) is 24.1. The van der Waals surface area contributed by atoms with E-state index in [1.165, 1.54) is 17.8 Å². The maximum absolute atomic E-state index is 5.92. The molecule has 2 heterocycles. The molecule has 1 aromatic rings. The van der Waals surface area contributed by atoms with Crippen LogP contribution in [0.5, 0.6) is 0 Å². The number of thiophene rings is 1. The summed E-state index contributed by atoms with van der Waals surface area (Å²) in [6.45, 7) is 3.04. The molecule has 0 aromatic carbocycles. The van der Waals surface area contributed by atoms with E-state index in [1.807, 2.05) is 11.3 Å². The summed E-state index contributed by atoms with van der Waals surface area (Å²) in [6.07, 6.45) is 1.26. The second-order valence-electron chi connectivity index (χ2n) is 4.67. The van der Waals surface area contributed by atoms with E-state index in [0.29, 0.717) is 12.1 Å². The molecule has 1 aliphatic heterocycles. The molecule has 0 saturated carbocycles. The summed E-state index contributed by atoms with van der Waals surface area (Å²) < 4.78 is 0. The lowest BCUT2D eigenvalue weighted by atomic mass is 10.2. The lowest BCUT2D eigenvalue weighted by molar-refractivity contribution is 0.223. The van der Waals surface area contributed by atoms with Crippen LogP contribution in [0.15, 0.2) is 17.5 Å². The van der Waals surface area contributed by atoms with Crippen LogP contribution < -0.4 is 5.73 Å². The molecule has 0 spiro atoms. The molecule has 90 valence electrons. The van der Waals surface area contributed by atoms with Crippen molar-refractivity contribution >= 4 is 11.3 Å². The van der Waals surface area contributed by atoms with Gasteiger partial charge in [-0.05, 0) is 32.0 Å². The lowest BCUT2D eigenvalue weighted by Gasteiger charge is -2.27. The average molecular weight is 239 g/mol. The Morgan fingerprint density at radius 2 is 2.44 bits per heavy atom. The van der Waals surface area contributed by atoms with Crippen molar-refractivity contribution in [3.05, 3.63) is 22.4 Å². The highest BCUT2D eigenvalue weighted by atomic mass is 32.1. The minimum atomic E-state index is 0.421. The number of nitrogens with zero attached hydrogens (tertiary/aromatic N) is 2. The molecule has 16 heavy (non-hydrogen) atoms. The zero-order valence-electron chi connectivity index (χ0n) is 10.1.